The number of anilines is 2. The number of hydrogen-bond donors (Lipinski definition) is 3. The van der Waals surface area contributed by atoms with E-state index in [4.69, 9.17) is 19.9 Å². The van der Waals surface area contributed by atoms with E-state index in [0.29, 0.717) is 40.4 Å². The third-order valence-electron chi connectivity index (χ3n) is 8.13. The molecule has 0 atom stereocenters. The molecule has 0 unspecified atom stereocenters. The molecular weight excluding hydrogens is 662 g/mol. The van der Waals surface area contributed by atoms with Crippen molar-refractivity contribution in [3.05, 3.63) is 107 Å². The summed E-state index contributed by atoms with van der Waals surface area (Å²) in [5.41, 5.74) is 5.40. The van der Waals surface area contributed by atoms with Crippen LogP contribution in [-0.4, -0.2) is 60.5 Å². The fraction of sp³-hybridized carbons (Fsp3) is 0.316. The largest absolute Gasteiger partial charge is 0.459 e. The highest BCUT2D eigenvalue weighted by molar-refractivity contribution is 6.07. The van der Waals surface area contributed by atoms with Crippen molar-refractivity contribution in [1.82, 2.24) is 29.8 Å². The molecule has 3 heterocycles. The molecule has 52 heavy (non-hydrogen) atoms. The van der Waals surface area contributed by atoms with Crippen molar-refractivity contribution in [3.63, 3.8) is 0 Å². The number of pyridine rings is 1. The fourth-order valence-electron chi connectivity index (χ4n) is 5.27. The third kappa shape index (κ3) is 9.33. The molecular formula is C38H43N9O5. The van der Waals surface area contributed by atoms with Gasteiger partial charge in [0.2, 0.25) is 0 Å². The minimum atomic E-state index is -0.689. The summed E-state index contributed by atoms with van der Waals surface area (Å²) in [6.07, 6.45) is 0.852. The van der Waals surface area contributed by atoms with Gasteiger partial charge in [-0.2, -0.15) is 0 Å². The Kier molecular flexibility index (Phi) is 11.3. The van der Waals surface area contributed by atoms with Crippen LogP contribution in [0.25, 0.3) is 11.0 Å². The molecule has 0 saturated carbocycles. The van der Waals surface area contributed by atoms with Gasteiger partial charge in [-0.25, -0.2) is 14.8 Å². The number of aryl methyl sites for hydroxylation is 4. The molecule has 0 saturated heterocycles. The zero-order chi connectivity index (χ0) is 37.6. The van der Waals surface area contributed by atoms with E-state index in [1.165, 1.54) is 4.90 Å². The number of benzene rings is 2. The first kappa shape index (κ1) is 37.1. The van der Waals surface area contributed by atoms with Gasteiger partial charge in [0.25, 0.3) is 5.91 Å². The number of ether oxygens (including phenoxy) is 2. The van der Waals surface area contributed by atoms with Crippen LogP contribution in [0.4, 0.5) is 16.3 Å². The quantitative estimate of drug-likeness (QED) is 0.0848. The van der Waals surface area contributed by atoms with Crippen molar-refractivity contribution in [3.8, 4) is 0 Å². The number of carbonyl (C=O) groups excluding carboxylic acids is 3. The van der Waals surface area contributed by atoms with Crippen LogP contribution < -0.4 is 15.5 Å². The topological polar surface area (TPSA) is 177 Å². The van der Waals surface area contributed by atoms with Gasteiger partial charge in [-0.15, -0.1) is 0 Å². The Hall–Kier alpha value is -6.18. The van der Waals surface area contributed by atoms with Crippen LogP contribution >= 0.6 is 0 Å². The molecule has 0 spiro atoms. The van der Waals surface area contributed by atoms with Crippen LogP contribution in [0.2, 0.25) is 0 Å². The molecule has 3 N–H and O–H groups in total. The van der Waals surface area contributed by atoms with Crippen LogP contribution in [-0.2, 0) is 34.5 Å². The van der Waals surface area contributed by atoms with E-state index in [1.807, 2.05) is 38.5 Å². The van der Waals surface area contributed by atoms with Crippen molar-refractivity contribution < 1.29 is 23.9 Å². The van der Waals surface area contributed by atoms with Gasteiger partial charge in [-0.05, 0) is 96.1 Å². The molecule has 5 aromatic rings. The highest BCUT2D eigenvalue weighted by Crippen LogP contribution is 2.22. The zero-order valence-corrected chi connectivity index (χ0v) is 30.4. The van der Waals surface area contributed by atoms with E-state index in [2.05, 4.69) is 25.6 Å². The van der Waals surface area contributed by atoms with Crippen LogP contribution in [0.3, 0.4) is 0 Å². The predicted octanol–water partition coefficient (Wildman–Crippen LogP) is 5.93. The lowest BCUT2D eigenvalue weighted by Crippen LogP contribution is -2.36. The molecule has 0 aliphatic heterocycles. The SMILES string of the molecule is Cc1nc(C)c(COC(=O)CCN(C(=O)c2ccc3c(c2)nc(CNc2ccc(C(=N)NC(=O)OC(C)(C)C)cc2)n3C)c2ccccn2)nc1C. The van der Waals surface area contributed by atoms with Crippen LogP contribution in [0.5, 0.6) is 0 Å². The monoisotopic (exact) mass is 705 g/mol. The normalized spacial score (nSPS) is 11.2. The number of fused-ring (bicyclic) bond motifs is 1. The number of hydrogen-bond acceptors (Lipinski definition) is 11. The number of rotatable bonds is 11. The lowest BCUT2D eigenvalue weighted by atomic mass is 10.1. The maximum absolute atomic E-state index is 13.9. The smallest absolute Gasteiger partial charge is 0.413 e. The van der Waals surface area contributed by atoms with E-state index in [0.717, 1.165) is 28.4 Å². The second kappa shape index (κ2) is 15.8. The van der Waals surface area contributed by atoms with E-state index in [1.54, 1.807) is 81.6 Å². The Morgan fingerprint density at radius 3 is 2.31 bits per heavy atom. The third-order valence-corrected chi connectivity index (χ3v) is 8.13. The highest BCUT2D eigenvalue weighted by Gasteiger charge is 2.22. The first-order valence-electron chi connectivity index (χ1n) is 16.8. The van der Waals surface area contributed by atoms with E-state index in [-0.39, 0.29) is 31.3 Å². The maximum atomic E-state index is 13.9. The van der Waals surface area contributed by atoms with E-state index < -0.39 is 17.7 Å². The number of nitrogens with zero attached hydrogens (tertiary/aromatic N) is 6. The Morgan fingerprint density at radius 1 is 0.904 bits per heavy atom. The number of carbonyl (C=O) groups is 3. The van der Waals surface area contributed by atoms with Gasteiger partial charge in [-0.3, -0.25) is 35.2 Å². The summed E-state index contributed by atoms with van der Waals surface area (Å²) in [4.78, 5) is 58.3. The number of amides is 2. The number of nitrogens with one attached hydrogen (secondary N) is 3. The summed E-state index contributed by atoms with van der Waals surface area (Å²) in [5.74, 6) is 0.263. The molecule has 14 nitrogen and oxygen atoms in total. The summed E-state index contributed by atoms with van der Waals surface area (Å²) in [6.45, 7) is 11.3. The van der Waals surface area contributed by atoms with Crippen molar-refractivity contribution in [2.24, 2.45) is 7.05 Å². The van der Waals surface area contributed by atoms with Crippen molar-refractivity contribution in [1.29, 1.82) is 5.41 Å². The summed E-state index contributed by atoms with van der Waals surface area (Å²) in [7, 11) is 1.90. The lowest BCUT2D eigenvalue weighted by Gasteiger charge is -2.21. The average molecular weight is 706 g/mol. The molecule has 270 valence electrons. The second-order valence-corrected chi connectivity index (χ2v) is 13.2. The number of aromatic nitrogens is 5. The molecule has 0 radical (unpaired) electrons. The Bertz CT molecular complexity index is 2110. The van der Waals surface area contributed by atoms with Crippen molar-refractivity contribution in [2.45, 2.75) is 66.7 Å². The number of esters is 1. The molecule has 14 heteroatoms. The Balaban J connectivity index is 1.24. The fourth-order valence-corrected chi connectivity index (χ4v) is 5.27. The summed E-state index contributed by atoms with van der Waals surface area (Å²) in [5, 5.41) is 14.0. The number of amidine groups is 1. The lowest BCUT2D eigenvalue weighted by molar-refractivity contribution is -0.144. The molecule has 5 rings (SSSR count). The first-order valence-corrected chi connectivity index (χ1v) is 16.8. The Labute approximate surface area is 302 Å². The molecule has 0 aliphatic carbocycles. The van der Waals surface area contributed by atoms with Gasteiger partial charge in [0.1, 0.15) is 29.7 Å². The first-order chi connectivity index (χ1) is 24.7. The van der Waals surface area contributed by atoms with Gasteiger partial charge in [-0.1, -0.05) is 6.07 Å². The van der Waals surface area contributed by atoms with Crippen LogP contribution in [0.1, 0.15) is 71.7 Å². The molecule has 2 amide bonds. The second-order valence-electron chi connectivity index (χ2n) is 13.2. The van der Waals surface area contributed by atoms with Crippen LogP contribution in [0.15, 0.2) is 66.9 Å². The van der Waals surface area contributed by atoms with Crippen molar-refractivity contribution in [2.75, 3.05) is 16.8 Å². The standard InChI is InChI=1S/C38H43N9O5/c1-23-24(2)43-30(25(3)42-23)22-51-34(48)17-19-47(32-10-8-9-18-40-32)36(49)27-13-16-31-29(20-27)44-33(46(31)7)21-41-28-14-11-26(12-15-28)35(39)45-37(50)52-38(4,5)6/h8-16,18,20,41H,17,19,21-22H2,1-7H3,(H2,39,45,50). The zero-order valence-electron chi connectivity index (χ0n) is 30.4. The molecule has 2 aromatic carbocycles. The minimum Gasteiger partial charge on any atom is -0.459 e. The van der Waals surface area contributed by atoms with Gasteiger partial charge >= 0.3 is 12.1 Å². The molecule has 0 bridgehead atoms. The van der Waals surface area contributed by atoms with E-state index >= 15 is 0 Å². The molecule has 0 aliphatic rings. The number of alkyl carbamates (subject to hydrolysis) is 1. The summed E-state index contributed by atoms with van der Waals surface area (Å²) >= 11 is 0. The Morgan fingerprint density at radius 2 is 1.62 bits per heavy atom. The van der Waals surface area contributed by atoms with Gasteiger partial charge < -0.3 is 19.4 Å². The van der Waals surface area contributed by atoms with Crippen LogP contribution in [0, 0.1) is 26.2 Å². The van der Waals surface area contributed by atoms with E-state index in [9.17, 15) is 14.4 Å². The molecule has 0 fully saturated rings. The predicted molar refractivity (Wildman–Crippen MR) is 197 cm³/mol. The minimum absolute atomic E-state index is 0.00674. The van der Waals surface area contributed by atoms with Gasteiger partial charge in [0.15, 0.2) is 0 Å². The summed E-state index contributed by atoms with van der Waals surface area (Å²) in [6, 6.07) is 17.6. The molecule has 3 aromatic heterocycles. The highest BCUT2D eigenvalue weighted by atomic mass is 16.6. The van der Waals surface area contributed by atoms with Gasteiger partial charge in [0, 0.05) is 36.6 Å². The maximum Gasteiger partial charge on any atom is 0.413 e. The number of imidazole rings is 1. The average Bonchev–Trinajstić information content (AvgIpc) is 3.42. The summed E-state index contributed by atoms with van der Waals surface area (Å²) < 4.78 is 12.7. The van der Waals surface area contributed by atoms with Crippen molar-refractivity contribution >= 4 is 46.3 Å². The van der Waals surface area contributed by atoms with Gasteiger partial charge in [0.05, 0.1) is 46.8 Å².